The van der Waals surface area contributed by atoms with Gasteiger partial charge in [-0.3, -0.25) is 0 Å². The van der Waals surface area contributed by atoms with E-state index in [1.807, 2.05) is 26.0 Å². The highest BCUT2D eigenvalue weighted by Crippen LogP contribution is 2.33. The maximum absolute atomic E-state index is 5.70. The Hall–Kier alpha value is -0.760. The summed E-state index contributed by atoms with van der Waals surface area (Å²) in [6.07, 6.45) is 1.79. The molecule has 0 fully saturated rings. The van der Waals surface area contributed by atoms with Crippen LogP contribution in [0, 0.1) is 0 Å². The fourth-order valence-corrected chi connectivity index (χ4v) is 1.73. The first-order valence-electron chi connectivity index (χ1n) is 5.41. The van der Waals surface area contributed by atoms with Gasteiger partial charge in [-0.25, -0.2) is 0 Å². The second-order valence-corrected chi connectivity index (χ2v) is 6.12. The Morgan fingerprint density at radius 1 is 1.25 bits per heavy atom. The summed E-state index contributed by atoms with van der Waals surface area (Å²) in [6, 6.07) is 6.13. The van der Waals surface area contributed by atoms with Crippen molar-refractivity contribution in [3.05, 3.63) is 40.1 Å². The van der Waals surface area contributed by atoms with Gasteiger partial charge in [-0.15, -0.1) is 0 Å². The van der Waals surface area contributed by atoms with Gasteiger partial charge in [0.2, 0.25) is 0 Å². The van der Waals surface area contributed by atoms with Crippen LogP contribution in [0.5, 0.6) is 5.75 Å². The molecule has 0 bridgehead atoms. The SMILES string of the molecule is CC(C)=COc1ccc(Br)cc1C(C)(C)C. The summed E-state index contributed by atoms with van der Waals surface area (Å²) in [5.41, 5.74) is 2.44. The van der Waals surface area contributed by atoms with Gasteiger partial charge < -0.3 is 4.74 Å². The second kappa shape index (κ2) is 5.05. The van der Waals surface area contributed by atoms with E-state index in [1.165, 1.54) is 5.56 Å². The van der Waals surface area contributed by atoms with Gasteiger partial charge in [-0.05, 0) is 43.0 Å². The highest BCUT2D eigenvalue weighted by Gasteiger charge is 2.19. The lowest BCUT2D eigenvalue weighted by Crippen LogP contribution is -2.12. The predicted molar refractivity (Wildman–Crippen MR) is 72.9 cm³/mol. The zero-order valence-corrected chi connectivity index (χ0v) is 12.2. The average Bonchev–Trinajstić information content (AvgIpc) is 2.14. The van der Waals surface area contributed by atoms with Crippen LogP contribution in [0.2, 0.25) is 0 Å². The van der Waals surface area contributed by atoms with Gasteiger partial charge in [-0.1, -0.05) is 36.7 Å². The molecule has 0 amide bonds. The minimum atomic E-state index is 0.0780. The molecule has 0 N–H and O–H groups in total. The number of rotatable bonds is 2. The van der Waals surface area contributed by atoms with E-state index in [9.17, 15) is 0 Å². The number of halogens is 1. The van der Waals surface area contributed by atoms with Crippen molar-refractivity contribution in [2.75, 3.05) is 0 Å². The molecule has 0 aliphatic carbocycles. The fourth-order valence-electron chi connectivity index (χ4n) is 1.37. The predicted octanol–water partition coefficient (Wildman–Crippen LogP) is 5.05. The lowest BCUT2D eigenvalue weighted by Gasteiger charge is -2.22. The van der Waals surface area contributed by atoms with E-state index in [1.54, 1.807) is 6.26 Å². The first-order chi connectivity index (χ1) is 7.30. The van der Waals surface area contributed by atoms with E-state index in [-0.39, 0.29) is 5.41 Å². The van der Waals surface area contributed by atoms with Crippen LogP contribution < -0.4 is 4.74 Å². The van der Waals surface area contributed by atoms with Gasteiger partial charge in [0.25, 0.3) is 0 Å². The van der Waals surface area contributed by atoms with Crippen molar-refractivity contribution in [3.8, 4) is 5.75 Å². The summed E-state index contributed by atoms with van der Waals surface area (Å²) in [5.74, 6) is 0.928. The number of benzene rings is 1. The van der Waals surface area contributed by atoms with Crippen molar-refractivity contribution in [3.63, 3.8) is 0 Å². The Bertz CT molecular complexity index is 396. The Labute approximate surface area is 107 Å². The first kappa shape index (κ1) is 13.3. The third-order valence-corrected chi connectivity index (χ3v) is 2.66. The van der Waals surface area contributed by atoms with E-state index >= 15 is 0 Å². The number of allylic oxidation sites excluding steroid dienone is 1. The molecule has 0 aliphatic heterocycles. The zero-order valence-electron chi connectivity index (χ0n) is 10.6. The molecule has 0 unspecified atom stereocenters. The van der Waals surface area contributed by atoms with Crippen LogP contribution in [0.4, 0.5) is 0 Å². The Morgan fingerprint density at radius 2 is 1.88 bits per heavy atom. The summed E-state index contributed by atoms with van der Waals surface area (Å²) in [5, 5.41) is 0. The van der Waals surface area contributed by atoms with Crippen LogP contribution in [-0.2, 0) is 5.41 Å². The van der Waals surface area contributed by atoms with E-state index < -0.39 is 0 Å². The molecule has 16 heavy (non-hydrogen) atoms. The minimum Gasteiger partial charge on any atom is -0.465 e. The summed E-state index contributed by atoms with van der Waals surface area (Å²) in [7, 11) is 0. The molecule has 0 aromatic heterocycles. The van der Waals surface area contributed by atoms with Crippen molar-refractivity contribution in [2.24, 2.45) is 0 Å². The van der Waals surface area contributed by atoms with Gasteiger partial charge in [0.15, 0.2) is 0 Å². The van der Waals surface area contributed by atoms with Gasteiger partial charge in [0, 0.05) is 10.0 Å². The molecule has 0 radical (unpaired) electrons. The Morgan fingerprint density at radius 3 is 2.38 bits per heavy atom. The standard InChI is InChI=1S/C14H19BrO/c1-10(2)9-16-13-7-6-11(15)8-12(13)14(3,4)5/h6-9H,1-5H3. The molecule has 0 heterocycles. The highest BCUT2D eigenvalue weighted by atomic mass is 79.9. The quantitative estimate of drug-likeness (QED) is 0.690. The van der Waals surface area contributed by atoms with Crippen molar-refractivity contribution in [1.29, 1.82) is 0 Å². The second-order valence-electron chi connectivity index (χ2n) is 5.20. The molecule has 0 spiro atoms. The number of ether oxygens (including phenoxy) is 1. The Kier molecular flexibility index (Phi) is 4.20. The highest BCUT2D eigenvalue weighted by molar-refractivity contribution is 9.10. The Balaban J connectivity index is 3.13. The average molecular weight is 283 g/mol. The molecule has 0 aliphatic rings. The number of hydrogen-bond donors (Lipinski definition) is 0. The molecule has 2 heteroatoms. The van der Waals surface area contributed by atoms with E-state index in [4.69, 9.17) is 4.74 Å². The molecular formula is C14H19BrO. The van der Waals surface area contributed by atoms with Gasteiger partial charge >= 0.3 is 0 Å². The maximum atomic E-state index is 5.70. The molecule has 0 atom stereocenters. The molecular weight excluding hydrogens is 264 g/mol. The summed E-state index contributed by atoms with van der Waals surface area (Å²) < 4.78 is 6.78. The van der Waals surface area contributed by atoms with Crippen molar-refractivity contribution in [1.82, 2.24) is 0 Å². The summed E-state index contributed by atoms with van der Waals surface area (Å²) in [6.45, 7) is 10.6. The number of hydrogen-bond acceptors (Lipinski definition) is 1. The summed E-state index contributed by atoms with van der Waals surface area (Å²) in [4.78, 5) is 0. The van der Waals surface area contributed by atoms with E-state index in [2.05, 4.69) is 42.8 Å². The minimum absolute atomic E-state index is 0.0780. The van der Waals surface area contributed by atoms with Gasteiger partial charge in [-0.2, -0.15) is 0 Å². The zero-order chi connectivity index (χ0) is 12.3. The van der Waals surface area contributed by atoms with Crippen LogP contribution in [0.15, 0.2) is 34.5 Å². The molecule has 1 aromatic carbocycles. The van der Waals surface area contributed by atoms with Gasteiger partial charge in [0.05, 0.1) is 6.26 Å². The summed E-state index contributed by atoms with van der Waals surface area (Å²) >= 11 is 3.50. The molecule has 88 valence electrons. The largest absolute Gasteiger partial charge is 0.465 e. The topological polar surface area (TPSA) is 9.23 Å². The van der Waals surface area contributed by atoms with Gasteiger partial charge in [0.1, 0.15) is 5.75 Å². The van der Waals surface area contributed by atoms with E-state index in [0.717, 1.165) is 15.8 Å². The van der Waals surface area contributed by atoms with Crippen molar-refractivity contribution < 1.29 is 4.74 Å². The van der Waals surface area contributed by atoms with Crippen molar-refractivity contribution in [2.45, 2.75) is 40.0 Å². The fraction of sp³-hybridized carbons (Fsp3) is 0.429. The molecule has 0 saturated heterocycles. The van der Waals surface area contributed by atoms with E-state index in [0.29, 0.717) is 0 Å². The van der Waals surface area contributed by atoms with Crippen LogP contribution in [0.25, 0.3) is 0 Å². The lowest BCUT2D eigenvalue weighted by molar-refractivity contribution is 0.449. The van der Waals surface area contributed by atoms with Crippen molar-refractivity contribution >= 4 is 15.9 Å². The van der Waals surface area contributed by atoms with Crippen LogP contribution in [0.3, 0.4) is 0 Å². The normalized spacial score (nSPS) is 11.1. The maximum Gasteiger partial charge on any atom is 0.130 e. The molecule has 1 nitrogen and oxygen atoms in total. The smallest absolute Gasteiger partial charge is 0.130 e. The first-order valence-corrected chi connectivity index (χ1v) is 6.20. The third-order valence-electron chi connectivity index (χ3n) is 2.17. The third kappa shape index (κ3) is 3.67. The van der Waals surface area contributed by atoms with Crippen LogP contribution >= 0.6 is 15.9 Å². The molecule has 0 saturated carbocycles. The lowest BCUT2D eigenvalue weighted by atomic mass is 9.86. The van der Waals surface area contributed by atoms with Crippen LogP contribution in [-0.4, -0.2) is 0 Å². The van der Waals surface area contributed by atoms with Crippen LogP contribution in [0.1, 0.15) is 40.2 Å². The molecule has 1 aromatic rings. The molecule has 1 rings (SSSR count). The monoisotopic (exact) mass is 282 g/mol.